The molecule has 0 spiro atoms. The minimum Gasteiger partial charge on any atom is -0.497 e. The quantitative estimate of drug-likeness (QED) is 0.901. The molecule has 2 aromatic carbocycles. The number of hydrogen-bond acceptors (Lipinski definition) is 3. The van der Waals surface area contributed by atoms with Gasteiger partial charge in [0.1, 0.15) is 5.75 Å². The molecule has 4 heteroatoms. The highest BCUT2D eigenvalue weighted by Gasteiger charge is 2.40. The summed E-state index contributed by atoms with van der Waals surface area (Å²) in [7, 11) is 1.69. The summed E-state index contributed by atoms with van der Waals surface area (Å²) in [5.41, 5.74) is 3.23. The molecular weight excluding hydrogens is 324 g/mol. The third-order valence-electron chi connectivity index (χ3n) is 5.77. The van der Waals surface area contributed by atoms with Crippen LogP contribution >= 0.6 is 0 Å². The molecule has 2 aromatic rings. The van der Waals surface area contributed by atoms with Crippen LogP contribution in [0.1, 0.15) is 27.9 Å². The van der Waals surface area contributed by atoms with E-state index in [1.807, 2.05) is 30.3 Å². The molecule has 136 valence electrons. The largest absolute Gasteiger partial charge is 0.497 e. The summed E-state index contributed by atoms with van der Waals surface area (Å²) < 4.78 is 5.31. The normalized spacial score (nSPS) is 21.7. The molecule has 2 heterocycles. The maximum absolute atomic E-state index is 13.2. The van der Waals surface area contributed by atoms with Gasteiger partial charge >= 0.3 is 0 Å². The predicted octanol–water partition coefficient (Wildman–Crippen LogP) is 2.91. The molecule has 4 nitrogen and oxygen atoms in total. The summed E-state index contributed by atoms with van der Waals surface area (Å²) in [5.74, 6) is 1.70. The molecule has 0 unspecified atom stereocenters. The van der Waals surface area contributed by atoms with E-state index >= 15 is 0 Å². The topological polar surface area (TPSA) is 41.6 Å². The average molecular weight is 350 g/mol. The van der Waals surface area contributed by atoms with Gasteiger partial charge in [0.15, 0.2) is 0 Å². The lowest BCUT2D eigenvalue weighted by molar-refractivity contribution is 0.0736. The van der Waals surface area contributed by atoms with Gasteiger partial charge < -0.3 is 15.0 Å². The molecule has 2 atom stereocenters. The first-order valence-electron chi connectivity index (χ1n) is 9.49. The lowest BCUT2D eigenvalue weighted by Gasteiger charge is -2.24. The highest BCUT2D eigenvalue weighted by molar-refractivity contribution is 5.96. The van der Waals surface area contributed by atoms with Gasteiger partial charge in [-0.3, -0.25) is 4.79 Å². The van der Waals surface area contributed by atoms with E-state index in [4.69, 9.17) is 4.74 Å². The molecule has 26 heavy (non-hydrogen) atoms. The summed E-state index contributed by atoms with van der Waals surface area (Å²) in [4.78, 5) is 15.3. The standard InChI is InChI=1S/C22H26N2O2/c1-26-19-7-4-5-16(13-19)9-10-17-6-2-3-8-20(17)22(25)24-12-11-18-14-23-15-21(18)24/h2-8,13,18,21,23H,9-12,14-15H2,1H3/t18-,21+/m1/s1. The highest BCUT2D eigenvalue weighted by Crippen LogP contribution is 2.29. The van der Waals surface area contributed by atoms with Gasteiger partial charge in [-0.25, -0.2) is 0 Å². The van der Waals surface area contributed by atoms with Crippen LogP contribution in [0.4, 0.5) is 0 Å². The number of ether oxygens (including phenoxy) is 1. The fourth-order valence-corrected chi connectivity index (χ4v) is 4.31. The van der Waals surface area contributed by atoms with Crippen LogP contribution in [0.25, 0.3) is 0 Å². The Balaban J connectivity index is 1.50. The van der Waals surface area contributed by atoms with Crippen LogP contribution in [-0.2, 0) is 12.8 Å². The molecule has 0 aromatic heterocycles. The van der Waals surface area contributed by atoms with E-state index in [0.717, 1.165) is 55.8 Å². The summed E-state index contributed by atoms with van der Waals surface area (Å²) in [6.07, 6.45) is 2.87. The maximum atomic E-state index is 13.2. The lowest BCUT2D eigenvalue weighted by Crippen LogP contribution is -2.39. The first-order chi connectivity index (χ1) is 12.8. The summed E-state index contributed by atoms with van der Waals surface area (Å²) in [6.45, 7) is 2.87. The number of rotatable bonds is 5. The van der Waals surface area contributed by atoms with Gasteiger partial charge in [0.05, 0.1) is 7.11 Å². The minimum absolute atomic E-state index is 0.197. The third kappa shape index (κ3) is 3.34. The van der Waals surface area contributed by atoms with Crippen molar-refractivity contribution in [2.24, 2.45) is 5.92 Å². The van der Waals surface area contributed by atoms with Crippen molar-refractivity contribution in [3.8, 4) is 5.75 Å². The second-order valence-electron chi connectivity index (χ2n) is 7.28. The number of aryl methyl sites for hydroxylation is 2. The van der Waals surface area contributed by atoms with Gasteiger partial charge in [0, 0.05) is 31.2 Å². The molecule has 2 aliphatic rings. The Bertz CT molecular complexity index is 789. The van der Waals surface area contributed by atoms with Crippen molar-refractivity contribution >= 4 is 5.91 Å². The number of methoxy groups -OCH3 is 1. The van der Waals surface area contributed by atoms with Crippen LogP contribution in [0.15, 0.2) is 48.5 Å². The predicted molar refractivity (Wildman–Crippen MR) is 103 cm³/mol. The summed E-state index contributed by atoms with van der Waals surface area (Å²) in [6, 6.07) is 16.6. The Morgan fingerprint density at radius 1 is 1.15 bits per heavy atom. The van der Waals surface area contributed by atoms with Crippen molar-refractivity contribution in [1.29, 1.82) is 0 Å². The number of nitrogens with zero attached hydrogens (tertiary/aromatic N) is 1. The van der Waals surface area contributed by atoms with Crippen molar-refractivity contribution in [1.82, 2.24) is 10.2 Å². The number of benzene rings is 2. The fourth-order valence-electron chi connectivity index (χ4n) is 4.31. The van der Waals surface area contributed by atoms with Gasteiger partial charge in [-0.15, -0.1) is 0 Å². The summed E-state index contributed by atoms with van der Waals surface area (Å²) >= 11 is 0. The van der Waals surface area contributed by atoms with E-state index in [1.165, 1.54) is 5.56 Å². The second kappa shape index (κ2) is 7.50. The van der Waals surface area contributed by atoms with Gasteiger partial charge in [-0.05, 0) is 54.5 Å². The van der Waals surface area contributed by atoms with E-state index in [9.17, 15) is 4.79 Å². The Morgan fingerprint density at radius 3 is 2.92 bits per heavy atom. The van der Waals surface area contributed by atoms with E-state index in [1.54, 1.807) is 7.11 Å². The zero-order chi connectivity index (χ0) is 17.9. The maximum Gasteiger partial charge on any atom is 0.254 e. The van der Waals surface area contributed by atoms with E-state index < -0.39 is 0 Å². The van der Waals surface area contributed by atoms with Gasteiger partial charge in [-0.2, -0.15) is 0 Å². The van der Waals surface area contributed by atoms with Crippen LogP contribution in [0.3, 0.4) is 0 Å². The number of likely N-dealkylation sites (tertiary alicyclic amines) is 1. The molecule has 0 saturated carbocycles. The number of amides is 1. The van der Waals surface area contributed by atoms with Crippen LogP contribution in [0.2, 0.25) is 0 Å². The van der Waals surface area contributed by atoms with Crippen molar-refractivity contribution < 1.29 is 9.53 Å². The van der Waals surface area contributed by atoms with Crippen molar-refractivity contribution in [2.45, 2.75) is 25.3 Å². The number of hydrogen-bond donors (Lipinski definition) is 1. The van der Waals surface area contributed by atoms with Gasteiger partial charge in [-0.1, -0.05) is 30.3 Å². The highest BCUT2D eigenvalue weighted by atomic mass is 16.5. The Kier molecular flexibility index (Phi) is 4.93. The zero-order valence-electron chi connectivity index (χ0n) is 15.3. The molecule has 4 rings (SSSR count). The Morgan fingerprint density at radius 2 is 2.04 bits per heavy atom. The molecule has 1 amide bonds. The van der Waals surface area contributed by atoms with Crippen LogP contribution in [-0.4, -0.2) is 43.6 Å². The van der Waals surface area contributed by atoms with E-state index in [2.05, 4.69) is 28.4 Å². The minimum atomic E-state index is 0.197. The Hall–Kier alpha value is -2.33. The number of fused-ring (bicyclic) bond motifs is 1. The molecule has 0 aliphatic carbocycles. The molecule has 1 N–H and O–H groups in total. The van der Waals surface area contributed by atoms with Crippen molar-refractivity contribution in [2.75, 3.05) is 26.7 Å². The molecule has 0 radical (unpaired) electrons. The van der Waals surface area contributed by atoms with Crippen LogP contribution in [0, 0.1) is 5.92 Å². The first-order valence-corrected chi connectivity index (χ1v) is 9.49. The fraction of sp³-hybridized carbons (Fsp3) is 0.409. The zero-order valence-corrected chi connectivity index (χ0v) is 15.3. The van der Waals surface area contributed by atoms with E-state index in [-0.39, 0.29) is 5.91 Å². The molecule has 0 bridgehead atoms. The monoisotopic (exact) mass is 350 g/mol. The number of carbonyl (C=O) groups excluding carboxylic acids is 1. The van der Waals surface area contributed by atoms with Gasteiger partial charge in [0.2, 0.25) is 0 Å². The molecular formula is C22H26N2O2. The average Bonchev–Trinajstić information content (AvgIpc) is 3.30. The van der Waals surface area contributed by atoms with Crippen molar-refractivity contribution in [3.63, 3.8) is 0 Å². The Labute approximate surface area is 155 Å². The molecule has 2 fully saturated rings. The SMILES string of the molecule is COc1cccc(CCc2ccccc2C(=O)N2CC[C@@H]3CNC[C@@H]32)c1. The second-order valence-corrected chi connectivity index (χ2v) is 7.28. The first kappa shape index (κ1) is 17.1. The van der Waals surface area contributed by atoms with Crippen LogP contribution in [0.5, 0.6) is 5.75 Å². The third-order valence-corrected chi connectivity index (χ3v) is 5.77. The van der Waals surface area contributed by atoms with Crippen molar-refractivity contribution in [3.05, 3.63) is 65.2 Å². The summed E-state index contributed by atoms with van der Waals surface area (Å²) in [5, 5.41) is 3.43. The van der Waals surface area contributed by atoms with E-state index in [0.29, 0.717) is 12.0 Å². The molecule has 2 aliphatic heterocycles. The smallest absolute Gasteiger partial charge is 0.254 e. The number of nitrogens with one attached hydrogen (secondary N) is 1. The number of carbonyl (C=O) groups is 1. The van der Waals surface area contributed by atoms with Crippen LogP contribution < -0.4 is 10.1 Å². The lowest BCUT2D eigenvalue weighted by atomic mass is 9.98. The molecule has 2 saturated heterocycles. The van der Waals surface area contributed by atoms with Gasteiger partial charge in [0.25, 0.3) is 5.91 Å².